The summed E-state index contributed by atoms with van der Waals surface area (Å²) >= 11 is 0. The predicted octanol–water partition coefficient (Wildman–Crippen LogP) is 17.0. The Bertz CT molecular complexity index is 3510. The number of hydrogen-bond acceptors (Lipinski definition) is 2. The summed E-state index contributed by atoms with van der Waals surface area (Å²) in [6.45, 7) is 31.4. The summed E-state index contributed by atoms with van der Waals surface area (Å²) in [4.78, 5) is 5.34. The number of nitrogens with zero attached hydrogens (tertiary/aromatic N) is 2. The zero-order chi connectivity index (χ0) is 50.4. The first-order valence-corrected chi connectivity index (χ1v) is 26.7. The Labute approximate surface area is 431 Å². The maximum atomic E-state index is 2.71. The van der Waals surface area contributed by atoms with Crippen LogP contribution in [0.1, 0.15) is 134 Å². The van der Waals surface area contributed by atoms with Crippen molar-refractivity contribution in [2.24, 2.45) is 0 Å². The van der Waals surface area contributed by atoms with Crippen LogP contribution in [0.15, 0.2) is 158 Å². The van der Waals surface area contributed by atoms with Gasteiger partial charge in [-0.2, -0.15) is 0 Å². The minimum atomic E-state index is -0.0401. The molecule has 2 nitrogen and oxygen atoms in total. The lowest BCUT2D eigenvalue weighted by Gasteiger charge is -2.46. The van der Waals surface area contributed by atoms with Crippen molar-refractivity contribution in [3.05, 3.63) is 197 Å². The van der Waals surface area contributed by atoms with Gasteiger partial charge in [-0.25, -0.2) is 0 Å². The van der Waals surface area contributed by atoms with E-state index >= 15 is 0 Å². The van der Waals surface area contributed by atoms with Crippen molar-refractivity contribution < 1.29 is 0 Å². The van der Waals surface area contributed by atoms with Gasteiger partial charge in [-0.15, -0.1) is 0 Å². The molecule has 2 aliphatic heterocycles. The van der Waals surface area contributed by atoms with Crippen LogP contribution >= 0.6 is 0 Å². The molecule has 72 heavy (non-hydrogen) atoms. The van der Waals surface area contributed by atoms with E-state index in [-0.39, 0.29) is 33.8 Å². The Morgan fingerprint density at radius 1 is 0.403 bits per heavy atom. The first kappa shape index (κ1) is 46.5. The third-order valence-corrected chi connectivity index (χ3v) is 17.6. The smallest absolute Gasteiger partial charge is 0.252 e. The van der Waals surface area contributed by atoms with Crippen molar-refractivity contribution in [1.29, 1.82) is 0 Å². The lowest BCUT2D eigenvalue weighted by molar-refractivity contribution is 0.332. The van der Waals surface area contributed by atoms with Gasteiger partial charge in [0.05, 0.1) is 5.69 Å². The van der Waals surface area contributed by atoms with Gasteiger partial charge in [0, 0.05) is 34.0 Å². The van der Waals surface area contributed by atoms with Crippen LogP contribution in [0, 0.1) is 13.8 Å². The summed E-state index contributed by atoms with van der Waals surface area (Å²) in [6.07, 6.45) is 3.48. The third kappa shape index (κ3) is 7.27. The van der Waals surface area contributed by atoms with E-state index in [9.17, 15) is 0 Å². The van der Waals surface area contributed by atoms with Crippen molar-refractivity contribution in [3.8, 4) is 33.4 Å². The molecule has 0 aromatic heterocycles. The zero-order valence-corrected chi connectivity index (χ0v) is 45.1. The lowest BCUT2D eigenvalue weighted by atomic mass is 9.33. The van der Waals surface area contributed by atoms with E-state index in [0.717, 1.165) is 6.42 Å². The molecule has 0 amide bonds. The van der Waals surface area contributed by atoms with Gasteiger partial charge in [0.15, 0.2) is 0 Å². The first-order valence-electron chi connectivity index (χ1n) is 26.7. The molecular weight excluding hydrogens is 868 g/mol. The molecule has 0 saturated heterocycles. The maximum absolute atomic E-state index is 2.71. The highest BCUT2D eigenvalue weighted by molar-refractivity contribution is 7.00. The van der Waals surface area contributed by atoms with E-state index < -0.39 is 0 Å². The van der Waals surface area contributed by atoms with Gasteiger partial charge >= 0.3 is 0 Å². The summed E-state index contributed by atoms with van der Waals surface area (Å²) in [5, 5.41) is 0. The molecule has 0 unspecified atom stereocenters. The highest BCUT2D eigenvalue weighted by Crippen LogP contribution is 2.55. The van der Waals surface area contributed by atoms with E-state index in [0.29, 0.717) is 0 Å². The fraction of sp³-hybridized carbons (Fsp3) is 0.304. The quantitative estimate of drug-likeness (QED) is 0.159. The third-order valence-electron chi connectivity index (χ3n) is 17.6. The van der Waals surface area contributed by atoms with Crippen LogP contribution in [0.3, 0.4) is 0 Å². The molecule has 2 aliphatic carbocycles. The molecule has 0 bridgehead atoms. The molecule has 0 fully saturated rings. The molecule has 8 aromatic rings. The highest BCUT2D eigenvalue weighted by Gasteiger charge is 2.49. The molecule has 4 aliphatic rings. The van der Waals surface area contributed by atoms with E-state index in [1.165, 1.54) is 136 Å². The van der Waals surface area contributed by atoms with Crippen molar-refractivity contribution >= 4 is 57.2 Å². The summed E-state index contributed by atoms with van der Waals surface area (Å²) in [6, 6.07) is 61.5. The largest absolute Gasteiger partial charge is 0.311 e. The summed E-state index contributed by atoms with van der Waals surface area (Å²) in [5.41, 5.74) is 29.1. The second kappa shape index (κ2) is 16.0. The second-order valence-corrected chi connectivity index (χ2v) is 25.7. The minimum absolute atomic E-state index is 0.00409. The van der Waals surface area contributed by atoms with E-state index in [1.54, 1.807) is 0 Å². The molecule has 0 saturated carbocycles. The SMILES string of the molecule is Cc1cc2c3c(c1)N(c1ccc(C(C)(C)C)cc1-c1ccc4c(c1)C(C)(C)CCC4(C)C)c1cc4c(cc1B3c1ccc(-c3ccccc3)cc1N2c1cc(-c2ccccc2)ccc1C)C(C)(C)CC4(C)C. The monoisotopic (exact) mass is 939 g/mol. The Morgan fingerprint density at radius 2 is 0.931 bits per heavy atom. The first-order chi connectivity index (χ1) is 34.1. The summed E-state index contributed by atoms with van der Waals surface area (Å²) in [5.74, 6) is 0. The van der Waals surface area contributed by atoms with E-state index in [1.807, 2.05) is 0 Å². The van der Waals surface area contributed by atoms with Crippen LogP contribution in [-0.4, -0.2) is 6.71 Å². The van der Waals surface area contributed by atoms with Gasteiger partial charge in [0.25, 0.3) is 6.71 Å². The van der Waals surface area contributed by atoms with Crippen LogP contribution in [0.4, 0.5) is 34.1 Å². The molecule has 0 N–H and O–H groups in total. The molecule has 360 valence electrons. The number of aryl methyl sites for hydroxylation is 2. The highest BCUT2D eigenvalue weighted by atomic mass is 15.2. The molecule has 8 aromatic carbocycles. The van der Waals surface area contributed by atoms with Gasteiger partial charge in [0.1, 0.15) is 0 Å². The zero-order valence-electron chi connectivity index (χ0n) is 45.1. The number of benzene rings is 8. The Hall–Kier alpha value is -6.58. The van der Waals surface area contributed by atoms with Gasteiger partial charge < -0.3 is 9.80 Å². The Morgan fingerprint density at radius 3 is 1.56 bits per heavy atom. The van der Waals surface area contributed by atoms with Gasteiger partial charge in [-0.3, -0.25) is 0 Å². The normalized spacial score (nSPS) is 17.4. The topological polar surface area (TPSA) is 6.48 Å². The maximum Gasteiger partial charge on any atom is 0.252 e. The van der Waals surface area contributed by atoms with Gasteiger partial charge in [0.2, 0.25) is 0 Å². The van der Waals surface area contributed by atoms with E-state index in [4.69, 9.17) is 0 Å². The summed E-state index contributed by atoms with van der Waals surface area (Å²) in [7, 11) is 0. The average Bonchev–Trinajstić information content (AvgIpc) is 3.53. The number of hydrogen-bond donors (Lipinski definition) is 0. The fourth-order valence-electron chi connectivity index (χ4n) is 13.8. The lowest BCUT2D eigenvalue weighted by Crippen LogP contribution is -2.61. The molecule has 12 rings (SSSR count). The summed E-state index contributed by atoms with van der Waals surface area (Å²) < 4.78 is 0. The molecule has 0 spiro atoms. The van der Waals surface area contributed by atoms with Gasteiger partial charge in [-0.05, 0) is 186 Å². The van der Waals surface area contributed by atoms with Crippen molar-refractivity contribution in [1.82, 2.24) is 0 Å². The Balaban J connectivity index is 1.19. The number of anilines is 6. The number of rotatable bonds is 5. The molecule has 3 heteroatoms. The Kier molecular flexibility index (Phi) is 10.3. The molecule has 0 radical (unpaired) electrons. The van der Waals surface area contributed by atoms with Crippen LogP contribution in [0.25, 0.3) is 33.4 Å². The van der Waals surface area contributed by atoms with Crippen molar-refractivity contribution in [2.75, 3.05) is 9.80 Å². The van der Waals surface area contributed by atoms with Crippen LogP contribution < -0.4 is 26.2 Å². The molecule has 0 atom stereocenters. The predicted molar refractivity (Wildman–Crippen MR) is 311 cm³/mol. The van der Waals surface area contributed by atoms with Crippen LogP contribution in [-0.2, 0) is 27.1 Å². The van der Waals surface area contributed by atoms with Crippen LogP contribution in [0.5, 0.6) is 0 Å². The van der Waals surface area contributed by atoms with Gasteiger partial charge in [-0.1, -0.05) is 191 Å². The second-order valence-electron chi connectivity index (χ2n) is 25.7. The average molecular weight is 939 g/mol. The van der Waals surface area contributed by atoms with E-state index in [2.05, 4.69) is 258 Å². The fourth-order valence-corrected chi connectivity index (χ4v) is 13.8. The number of fused-ring (bicyclic) bond motifs is 6. The van der Waals surface area contributed by atoms with Crippen molar-refractivity contribution in [2.45, 2.75) is 136 Å². The molecule has 2 heterocycles. The standard InChI is InChI=1S/C69H71BN2/c1-43-34-62-64-63(35-43)72(59-37-47(25-24-44(59)2)45-20-16-14-17-21-45)60-38-48(46-22-18-15-19-23-46)27-30-56(60)70(64)57-40-54-55(69(12,13)42-68(54,10)11)41-61(57)71(62)58-31-28-50(65(3,4)5)39-51(58)49-26-29-52-53(36-49)67(8,9)33-32-66(52,6)7/h14-31,34-41H,32-33,42H2,1-13H3. The minimum Gasteiger partial charge on any atom is -0.311 e. The van der Waals surface area contributed by atoms with Crippen LogP contribution in [0.2, 0.25) is 0 Å². The molecular formula is C69H71BN2. The van der Waals surface area contributed by atoms with Crippen molar-refractivity contribution in [3.63, 3.8) is 0 Å².